The Labute approximate surface area is 182 Å². The fraction of sp³-hybridized carbons (Fsp3) is 0.333. The largest absolute Gasteiger partial charge is 0.488 e. The molecule has 2 rings (SSSR count). The monoisotopic (exact) mass is 419 g/mol. The smallest absolute Gasteiger partial charge is 0.305 e. The minimum Gasteiger partial charge on any atom is -0.488 e. The Balaban J connectivity index is 2.15. The number of allylic oxidation sites excluding steroid dienone is 1. The van der Waals surface area contributed by atoms with Crippen LogP contribution in [0, 0.1) is 22.7 Å². The molecule has 160 valence electrons. The van der Waals surface area contributed by atoms with Crippen molar-refractivity contribution >= 4 is 22.6 Å². The lowest BCUT2D eigenvalue weighted by Crippen LogP contribution is -2.34. The lowest BCUT2D eigenvalue weighted by molar-refractivity contribution is -0.140. The second-order valence-electron chi connectivity index (χ2n) is 6.79. The highest BCUT2D eigenvalue weighted by Crippen LogP contribution is 2.25. The number of carbonyl (C=O) groups is 2. The Morgan fingerprint density at radius 1 is 1.03 bits per heavy atom. The van der Waals surface area contributed by atoms with Crippen molar-refractivity contribution < 1.29 is 19.1 Å². The van der Waals surface area contributed by atoms with Gasteiger partial charge < -0.3 is 14.4 Å². The number of rotatable bonds is 11. The molecule has 0 saturated carbocycles. The van der Waals surface area contributed by atoms with Gasteiger partial charge in [0.05, 0.1) is 24.8 Å². The van der Waals surface area contributed by atoms with E-state index in [-0.39, 0.29) is 25.7 Å². The van der Waals surface area contributed by atoms with Gasteiger partial charge in [0.25, 0.3) is 5.91 Å². The summed E-state index contributed by atoms with van der Waals surface area (Å²) in [6, 6.07) is 17.3. The highest BCUT2D eigenvalue weighted by atomic mass is 16.5. The molecule has 0 aliphatic rings. The van der Waals surface area contributed by atoms with Gasteiger partial charge in [0, 0.05) is 11.8 Å². The van der Waals surface area contributed by atoms with Crippen molar-refractivity contribution in [2.24, 2.45) is 0 Å². The van der Waals surface area contributed by atoms with E-state index in [9.17, 15) is 9.59 Å². The molecule has 0 N–H and O–H groups in total. The normalized spacial score (nSPS) is 10.7. The van der Waals surface area contributed by atoms with E-state index in [0.29, 0.717) is 37.0 Å². The molecule has 7 heteroatoms. The van der Waals surface area contributed by atoms with Gasteiger partial charge in [0.2, 0.25) is 0 Å². The van der Waals surface area contributed by atoms with Gasteiger partial charge in [-0.05, 0) is 30.7 Å². The van der Waals surface area contributed by atoms with Crippen LogP contribution in [0.5, 0.6) is 5.75 Å². The molecular weight excluding hydrogens is 394 g/mol. The van der Waals surface area contributed by atoms with Crippen LogP contribution in [0.15, 0.2) is 54.1 Å². The molecule has 1 amide bonds. The number of hydrogen-bond donors (Lipinski definition) is 0. The summed E-state index contributed by atoms with van der Waals surface area (Å²) in [5.41, 5.74) is 0.372. The maximum Gasteiger partial charge on any atom is 0.305 e. The van der Waals surface area contributed by atoms with E-state index in [0.717, 1.165) is 10.8 Å². The van der Waals surface area contributed by atoms with Crippen molar-refractivity contribution in [1.29, 1.82) is 10.5 Å². The summed E-state index contributed by atoms with van der Waals surface area (Å²) in [5, 5.41) is 19.9. The Bertz CT molecular complexity index is 996. The highest BCUT2D eigenvalue weighted by molar-refractivity contribution is 5.94. The topological polar surface area (TPSA) is 103 Å². The summed E-state index contributed by atoms with van der Waals surface area (Å²) in [6.07, 6.45) is 3.96. The standard InChI is InChI=1S/C24H25N3O4/c1-30-23(28)13-4-2-3-9-20(24(29)27(16-14-25)17-15-26)18-31-22-12-7-10-19-8-5-6-11-21(19)22/h5-12H,2-4,13,16-18H2,1H3/b20-9+. The molecule has 0 heterocycles. The number of hydrogen-bond acceptors (Lipinski definition) is 6. The SMILES string of the molecule is COC(=O)CCCC/C=C(\COc1cccc2ccccc12)C(=O)N(CC#N)CC#N. The third kappa shape index (κ3) is 7.17. The van der Waals surface area contributed by atoms with Gasteiger partial charge in [0.1, 0.15) is 25.4 Å². The van der Waals surface area contributed by atoms with Crippen LogP contribution in [0.4, 0.5) is 0 Å². The molecule has 0 unspecified atom stereocenters. The maximum atomic E-state index is 12.9. The van der Waals surface area contributed by atoms with Crippen molar-refractivity contribution in [2.45, 2.75) is 25.7 Å². The minimum atomic E-state index is -0.406. The van der Waals surface area contributed by atoms with E-state index in [1.165, 1.54) is 12.0 Å². The number of nitriles is 2. The fourth-order valence-corrected chi connectivity index (χ4v) is 3.05. The quantitative estimate of drug-likeness (QED) is 0.238. The Morgan fingerprint density at radius 3 is 2.45 bits per heavy atom. The molecule has 0 radical (unpaired) electrons. The van der Waals surface area contributed by atoms with Crippen molar-refractivity contribution in [3.8, 4) is 17.9 Å². The number of fused-ring (bicyclic) bond motifs is 1. The van der Waals surface area contributed by atoms with Crippen LogP contribution < -0.4 is 4.74 Å². The molecule has 0 aromatic heterocycles. The van der Waals surface area contributed by atoms with Crippen LogP contribution in [0.3, 0.4) is 0 Å². The van der Waals surface area contributed by atoms with Crippen LogP contribution in [0.1, 0.15) is 25.7 Å². The number of nitrogens with zero attached hydrogens (tertiary/aromatic N) is 3. The molecule has 2 aromatic carbocycles. The first-order valence-electron chi connectivity index (χ1n) is 10.00. The lowest BCUT2D eigenvalue weighted by atomic mass is 10.1. The number of esters is 1. The van der Waals surface area contributed by atoms with E-state index in [1.54, 1.807) is 6.08 Å². The summed E-state index contributed by atoms with van der Waals surface area (Å²) in [6.45, 7) is -0.349. The Hall–Kier alpha value is -3.84. The van der Waals surface area contributed by atoms with Crippen molar-refractivity contribution in [3.63, 3.8) is 0 Å². The Kier molecular flexibility index (Phi) is 9.58. The second kappa shape index (κ2) is 12.7. The summed E-state index contributed by atoms with van der Waals surface area (Å²) >= 11 is 0. The molecule has 0 aliphatic heterocycles. The number of methoxy groups -OCH3 is 1. The van der Waals surface area contributed by atoms with Gasteiger partial charge in [-0.15, -0.1) is 0 Å². The minimum absolute atomic E-state index is 0.0111. The zero-order valence-corrected chi connectivity index (χ0v) is 17.5. The van der Waals surface area contributed by atoms with Gasteiger partial charge in [-0.2, -0.15) is 10.5 Å². The molecule has 7 nitrogen and oxygen atoms in total. The van der Waals surface area contributed by atoms with Gasteiger partial charge in [-0.25, -0.2) is 0 Å². The maximum absolute atomic E-state index is 12.9. The lowest BCUT2D eigenvalue weighted by Gasteiger charge is -2.19. The molecule has 0 saturated heterocycles. The summed E-state index contributed by atoms with van der Waals surface area (Å²) in [5.74, 6) is -0.0281. The second-order valence-corrected chi connectivity index (χ2v) is 6.79. The van der Waals surface area contributed by atoms with E-state index in [1.807, 2.05) is 54.6 Å². The van der Waals surface area contributed by atoms with Crippen LogP contribution >= 0.6 is 0 Å². The average Bonchev–Trinajstić information content (AvgIpc) is 2.80. The molecule has 0 bridgehead atoms. The molecule has 0 aliphatic carbocycles. The number of amides is 1. The summed E-state index contributed by atoms with van der Waals surface area (Å²) in [4.78, 5) is 25.4. The number of carbonyl (C=O) groups excluding carboxylic acids is 2. The predicted molar refractivity (Wildman–Crippen MR) is 116 cm³/mol. The summed E-state index contributed by atoms with van der Waals surface area (Å²) in [7, 11) is 1.35. The van der Waals surface area contributed by atoms with Gasteiger partial charge in [0.15, 0.2) is 0 Å². The molecule has 0 spiro atoms. The molecular formula is C24H25N3O4. The average molecular weight is 419 g/mol. The van der Waals surface area contributed by atoms with Crippen molar-refractivity contribution in [1.82, 2.24) is 4.90 Å². The molecule has 31 heavy (non-hydrogen) atoms. The van der Waals surface area contributed by atoms with E-state index >= 15 is 0 Å². The van der Waals surface area contributed by atoms with Crippen LogP contribution in [-0.2, 0) is 14.3 Å². The Morgan fingerprint density at radius 2 is 1.74 bits per heavy atom. The number of ether oxygens (including phenoxy) is 2. The third-order valence-corrected chi connectivity index (χ3v) is 4.67. The number of unbranched alkanes of at least 4 members (excludes halogenated alkanes) is 2. The zero-order chi connectivity index (χ0) is 22.5. The molecule has 2 aromatic rings. The van der Waals surface area contributed by atoms with Crippen LogP contribution in [0.25, 0.3) is 10.8 Å². The third-order valence-electron chi connectivity index (χ3n) is 4.67. The fourth-order valence-electron chi connectivity index (χ4n) is 3.05. The summed E-state index contributed by atoms with van der Waals surface area (Å²) < 4.78 is 10.6. The number of benzene rings is 2. The van der Waals surface area contributed by atoms with Gasteiger partial charge >= 0.3 is 5.97 Å². The van der Waals surface area contributed by atoms with Crippen LogP contribution in [0.2, 0.25) is 0 Å². The first kappa shape index (κ1) is 23.4. The first-order valence-corrected chi connectivity index (χ1v) is 10.00. The van der Waals surface area contributed by atoms with Crippen LogP contribution in [-0.4, -0.2) is 43.6 Å². The van der Waals surface area contributed by atoms with E-state index in [2.05, 4.69) is 4.74 Å². The van der Waals surface area contributed by atoms with Gasteiger partial charge in [-0.1, -0.05) is 42.5 Å². The van der Waals surface area contributed by atoms with Crippen molar-refractivity contribution in [2.75, 3.05) is 26.8 Å². The van der Waals surface area contributed by atoms with Crippen molar-refractivity contribution in [3.05, 3.63) is 54.1 Å². The zero-order valence-electron chi connectivity index (χ0n) is 17.5. The van der Waals surface area contributed by atoms with E-state index < -0.39 is 5.91 Å². The molecule has 0 atom stereocenters. The first-order chi connectivity index (χ1) is 15.1. The predicted octanol–water partition coefficient (Wildman–Crippen LogP) is 3.75. The highest BCUT2D eigenvalue weighted by Gasteiger charge is 2.19. The molecule has 0 fully saturated rings. The van der Waals surface area contributed by atoms with Gasteiger partial charge in [-0.3, -0.25) is 9.59 Å². The van der Waals surface area contributed by atoms with E-state index in [4.69, 9.17) is 15.3 Å².